The Labute approximate surface area is 213 Å². The summed E-state index contributed by atoms with van der Waals surface area (Å²) in [6.07, 6.45) is 1.30. The summed E-state index contributed by atoms with van der Waals surface area (Å²) in [6.45, 7) is 2.00. The molecule has 1 aliphatic heterocycles. The van der Waals surface area contributed by atoms with Crippen molar-refractivity contribution in [1.29, 1.82) is 0 Å². The van der Waals surface area contributed by atoms with Crippen LogP contribution < -0.4 is 19.7 Å². The lowest BCUT2D eigenvalue weighted by Crippen LogP contribution is -2.54. The zero-order valence-corrected chi connectivity index (χ0v) is 20.5. The maximum Gasteiger partial charge on any atom is 0.335 e. The predicted molar refractivity (Wildman–Crippen MR) is 131 cm³/mol. The largest absolute Gasteiger partial charge is 0.490 e. The second kappa shape index (κ2) is 10.7. The molecule has 10 heteroatoms. The molecule has 0 spiro atoms. The Bertz CT molecular complexity index is 1380. The van der Waals surface area contributed by atoms with Crippen LogP contribution in [0.2, 0.25) is 0 Å². The van der Waals surface area contributed by atoms with Crippen LogP contribution in [0.3, 0.4) is 0 Å². The molecule has 4 amide bonds. The third-order valence-electron chi connectivity index (χ3n) is 5.16. The predicted octanol–water partition coefficient (Wildman–Crippen LogP) is 5.37. The number of rotatable bonds is 7. The Kier molecular flexibility index (Phi) is 7.44. The fraction of sp³-hybridized carbons (Fsp3) is 0.115. The van der Waals surface area contributed by atoms with Crippen LogP contribution in [0.1, 0.15) is 18.1 Å². The number of anilines is 1. The Hall–Kier alpha value is -4.05. The van der Waals surface area contributed by atoms with Crippen molar-refractivity contribution in [2.24, 2.45) is 0 Å². The van der Waals surface area contributed by atoms with Gasteiger partial charge in [-0.3, -0.25) is 14.9 Å². The average molecular weight is 557 g/mol. The van der Waals surface area contributed by atoms with Gasteiger partial charge < -0.3 is 9.47 Å². The van der Waals surface area contributed by atoms with E-state index in [0.717, 1.165) is 17.0 Å². The molecule has 0 radical (unpaired) electrons. The fourth-order valence-electron chi connectivity index (χ4n) is 3.49. The summed E-state index contributed by atoms with van der Waals surface area (Å²) in [4.78, 5) is 38.6. The highest BCUT2D eigenvalue weighted by molar-refractivity contribution is 9.10. The van der Waals surface area contributed by atoms with Crippen LogP contribution in [0.4, 0.5) is 19.3 Å². The minimum absolute atomic E-state index is 0.0541. The lowest BCUT2D eigenvalue weighted by Gasteiger charge is -2.26. The summed E-state index contributed by atoms with van der Waals surface area (Å²) in [6, 6.07) is 13.1. The molecule has 1 N–H and O–H groups in total. The van der Waals surface area contributed by atoms with Gasteiger partial charge in [0, 0.05) is 5.56 Å². The number of urea groups is 1. The summed E-state index contributed by atoms with van der Waals surface area (Å²) < 4.78 is 39.2. The third-order valence-corrected chi connectivity index (χ3v) is 5.75. The lowest BCUT2D eigenvalue weighted by molar-refractivity contribution is -0.122. The van der Waals surface area contributed by atoms with E-state index in [4.69, 9.17) is 9.47 Å². The Morgan fingerprint density at radius 1 is 1.00 bits per heavy atom. The lowest BCUT2D eigenvalue weighted by atomic mass is 10.1. The zero-order chi connectivity index (χ0) is 25.8. The molecule has 184 valence electrons. The Morgan fingerprint density at radius 3 is 2.42 bits per heavy atom. The van der Waals surface area contributed by atoms with Crippen molar-refractivity contribution >= 4 is 45.5 Å². The molecule has 36 heavy (non-hydrogen) atoms. The number of amides is 4. The van der Waals surface area contributed by atoms with Crippen LogP contribution in [0.25, 0.3) is 6.08 Å². The first kappa shape index (κ1) is 25.1. The molecule has 3 aromatic carbocycles. The molecule has 1 heterocycles. The summed E-state index contributed by atoms with van der Waals surface area (Å²) in [5.74, 6) is -2.09. The molecule has 1 fully saturated rings. The number of carbonyl (C=O) groups excluding carboxylic acids is 3. The molecule has 0 unspecified atom stereocenters. The molecule has 0 atom stereocenters. The van der Waals surface area contributed by atoms with Crippen molar-refractivity contribution in [2.75, 3.05) is 11.5 Å². The number of imide groups is 2. The number of ether oxygens (including phenoxy) is 2. The number of hydrogen-bond donors (Lipinski definition) is 1. The van der Waals surface area contributed by atoms with Crippen molar-refractivity contribution in [1.82, 2.24) is 5.32 Å². The van der Waals surface area contributed by atoms with E-state index in [-0.39, 0.29) is 24.5 Å². The van der Waals surface area contributed by atoms with Gasteiger partial charge >= 0.3 is 6.03 Å². The van der Waals surface area contributed by atoms with Crippen molar-refractivity contribution in [3.63, 3.8) is 0 Å². The van der Waals surface area contributed by atoms with Crippen LogP contribution in [-0.2, 0) is 16.2 Å². The number of benzene rings is 3. The van der Waals surface area contributed by atoms with Gasteiger partial charge in [0.1, 0.15) is 23.8 Å². The standard InChI is InChI=1S/C26H19BrF2N2O5/c1-2-35-22-13-15(12-20(27)23(22)36-14-16-5-3-4-6-21(16)29)11-19-24(32)30-26(34)31(25(19)33)18-9-7-17(28)8-10-18/h3-13H,2,14H2,1H3,(H,30,32,34)/b19-11+. The number of halogens is 3. The van der Waals surface area contributed by atoms with Crippen molar-refractivity contribution in [2.45, 2.75) is 13.5 Å². The number of barbiturate groups is 1. The van der Waals surface area contributed by atoms with Crippen molar-refractivity contribution in [3.8, 4) is 11.5 Å². The molecule has 0 saturated carbocycles. The van der Waals surface area contributed by atoms with Crippen molar-refractivity contribution in [3.05, 3.63) is 93.5 Å². The van der Waals surface area contributed by atoms with Gasteiger partial charge in [-0.05, 0) is 77.0 Å². The fourth-order valence-corrected chi connectivity index (χ4v) is 4.06. The average Bonchev–Trinajstić information content (AvgIpc) is 2.83. The second-order valence-electron chi connectivity index (χ2n) is 7.58. The molecule has 0 bridgehead atoms. The zero-order valence-electron chi connectivity index (χ0n) is 18.9. The first-order chi connectivity index (χ1) is 17.3. The third kappa shape index (κ3) is 5.28. The first-order valence-corrected chi connectivity index (χ1v) is 11.6. The van der Waals surface area contributed by atoms with Crippen LogP contribution in [0, 0.1) is 11.6 Å². The first-order valence-electron chi connectivity index (χ1n) is 10.8. The summed E-state index contributed by atoms with van der Waals surface area (Å²) in [5, 5.41) is 2.11. The number of nitrogens with zero attached hydrogens (tertiary/aromatic N) is 1. The SMILES string of the molecule is CCOc1cc(/C=C2\C(=O)NC(=O)N(c3ccc(F)cc3)C2=O)cc(Br)c1OCc1ccccc1F. The highest BCUT2D eigenvalue weighted by Gasteiger charge is 2.36. The van der Waals surface area contributed by atoms with E-state index in [2.05, 4.69) is 21.2 Å². The monoisotopic (exact) mass is 556 g/mol. The van der Waals surface area contributed by atoms with Crippen LogP contribution in [0.15, 0.2) is 70.7 Å². The van der Waals surface area contributed by atoms with Gasteiger partial charge in [-0.15, -0.1) is 0 Å². The number of nitrogens with one attached hydrogen (secondary N) is 1. The van der Waals surface area contributed by atoms with E-state index < -0.39 is 29.5 Å². The Balaban J connectivity index is 1.66. The van der Waals surface area contributed by atoms with E-state index >= 15 is 0 Å². The van der Waals surface area contributed by atoms with Gasteiger partial charge in [0.05, 0.1) is 16.8 Å². The molecule has 3 aromatic rings. The highest BCUT2D eigenvalue weighted by atomic mass is 79.9. The highest BCUT2D eigenvalue weighted by Crippen LogP contribution is 2.38. The maximum atomic E-state index is 14.0. The quantitative estimate of drug-likeness (QED) is 0.312. The van der Waals surface area contributed by atoms with Crippen LogP contribution in [-0.4, -0.2) is 24.5 Å². The maximum absolute atomic E-state index is 14.0. The van der Waals surface area contributed by atoms with E-state index in [1.165, 1.54) is 24.3 Å². The van der Waals surface area contributed by atoms with Crippen LogP contribution >= 0.6 is 15.9 Å². The van der Waals surface area contributed by atoms with Gasteiger partial charge in [-0.25, -0.2) is 18.5 Å². The molecular weight excluding hydrogens is 538 g/mol. The molecule has 1 saturated heterocycles. The van der Waals surface area contributed by atoms with Gasteiger partial charge in [0.25, 0.3) is 11.8 Å². The van der Waals surface area contributed by atoms with Crippen LogP contribution in [0.5, 0.6) is 11.5 Å². The number of carbonyl (C=O) groups is 3. The normalized spacial score (nSPS) is 14.7. The van der Waals surface area contributed by atoms with E-state index in [1.54, 1.807) is 37.3 Å². The minimum Gasteiger partial charge on any atom is -0.490 e. The molecule has 0 aromatic heterocycles. The number of hydrogen-bond acceptors (Lipinski definition) is 5. The van der Waals surface area contributed by atoms with Gasteiger partial charge in [-0.2, -0.15) is 0 Å². The molecule has 7 nitrogen and oxygen atoms in total. The molecule has 0 aliphatic carbocycles. The Morgan fingerprint density at radius 2 is 1.72 bits per heavy atom. The van der Waals surface area contributed by atoms with E-state index in [0.29, 0.717) is 27.1 Å². The van der Waals surface area contributed by atoms with Gasteiger partial charge in [-0.1, -0.05) is 18.2 Å². The summed E-state index contributed by atoms with van der Waals surface area (Å²) in [7, 11) is 0. The minimum atomic E-state index is -0.943. The van der Waals surface area contributed by atoms with E-state index in [9.17, 15) is 23.2 Å². The van der Waals surface area contributed by atoms with Gasteiger partial charge in [0.2, 0.25) is 0 Å². The topological polar surface area (TPSA) is 84.9 Å². The summed E-state index contributed by atoms with van der Waals surface area (Å²) in [5.41, 5.74) is 0.544. The molecule has 4 rings (SSSR count). The second-order valence-corrected chi connectivity index (χ2v) is 8.43. The molecule has 1 aliphatic rings. The molecular formula is C26H19BrF2N2O5. The van der Waals surface area contributed by atoms with E-state index in [1.807, 2.05) is 0 Å². The smallest absolute Gasteiger partial charge is 0.335 e. The van der Waals surface area contributed by atoms with Gasteiger partial charge in [0.15, 0.2) is 11.5 Å². The summed E-state index contributed by atoms with van der Waals surface area (Å²) >= 11 is 3.41. The van der Waals surface area contributed by atoms with Crippen molar-refractivity contribution < 1.29 is 32.6 Å².